The number of halogens is 1. The van der Waals surface area contributed by atoms with Gasteiger partial charge in [-0.1, -0.05) is 18.2 Å². The van der Waals surface area contributed by atoms with E-state index in [0.29, 0.717) is 18.2 Å². The summed E-state index contributed by atoms with van der Waals surface area (Å²) in [6.45, 7) is 3.76. The molecule has 1 aromatic carbocycles. The van der Waals surface area contributed by atoms with Crippen LogP contribution in [0.15, 0.2) is 30.3 Å². The predicted octanol–water partition coefficient (Wildman–Crippen LogP) is 1.86. The van der Waals surface area contributed by atoms with Crippen molar-refractivity contribution in [3.63, 3.8) is 0 Å². The number of carbonyl (C=O) groups is 2. The van der Waals surface area contributed by atoms with E-state index in [-0.39, 0.29) is 24.4 Å². The van der Waals surface area contributed by atoms with E-state index in [4.69, 9.17) is 5.73 Å². The molecule has 23 heavy (non-hydrogen) atoms. The van der Waals surface area contributed by atoms with E-state index in [1.165, 1.54) is 0 Å². The molecule has 1 saturated carbocycles. The molecule has 1 aliphatic rings. The standard InChI is InChI=1S/C16H24N4O2.ClH/c1-16(2,14(21)18-10-13(17)11-8-9-11)20-15(22)19-12-6-4-3-5-7-12;/h3-7,11,13H,8-10,17H2,1-2H3,(H,18,21)(H2,19,20,22);1H. The zero-order chi connectivity index (χ0) is 16.2. The third-order valence-corrected chi connectivity index (χ3v) is 3.75. The molecular weight excluding hydrogens is 316 g/mol. The lowest BCUT2D eigenvalue weighted by Crippen LogP contribution is -2.57. The van der Waals surface area contributed by atoms with Crippen LogP contribution in [0.5, 0.6) is 0 Å². The lowest BCUT2D eigenvalue weighted by atomic mass is 10.0. The molecule has 128 valence electrons. The van der Waals surface area contributed by atoms with E-state index < -0.39 is 11.6 Å². The average molecular weight is 341 g/mol. The zero-order valence-electron chi connectivity index (χ0n) is 13.5. The van der Waals surface area contributed by atoms with Gasteiger partial charge in [-0.2, -0.15) is 0 Å². The highest BCUT2D eigenvalue weighted by Gasteiger charge is 2.32. The lowest BCUT2D eigenvalue weighted by Gasteiger charge is -2.26. The van der Waals surface area contributed by atoms with Crippen molar-refractivity contribution in [2.75, 3.05) is 11.9 Å². The van der Waals surface area contributed by atoms with Crippen LogP contribution in [-0.2, 0) is 4.79 Å². The third kappa shape index (κ3) is 6.08. The van der Waals surface area contributed by atoms with Crippen LogP contribution in [0.2, 0.25) is 0 Å². The number of nitrogens with one attached hydrogen (secondary N) is 3. The fourth-order valence-corrected chi connectivity index (χ4v) is 2.15. The van der Waals surface area contributed by atoms with E-state index in [0.717, 1.165) is 12.8 Å². The summed E-state index contributed by atoms with van der Waals surface area (Å²) in [4.78, 5) is 24.2. The number of amides is 3. The molecule has 1 atom stereocenters. The van der Waals surface area contributed by atoms with Gasteiger partial charge in [-0.05, 0) is 44.7 Å². The normalized spacial score (nSPS) is 15.1. The van der Waals surface area contributed by atoms with E-state index in [1.54, 1.807) is 26.0 Å². The Bertz CT molecular complexity index is 532. The van der Waals surface area contributed by atoms with Gasteiger partial charge in [-0.3, -0.25) is 4.79 Å². The van der Waals surface area contributed by atoms with Crippen molar-refractivity contribution in [3.8, 4) is 0 Å². The molecule has 1 unspecified atom stereocenters. The van der Waals surface area contributed by atoms with Crippen LogP contribution in [0.1, 0.15) is 26.7 Å². The molecule has 5 N–H and O–H groups in total. The van der Waals surface area contributed by atoms with Crippen molar-refractivity contribution in [2.24, 2.45) is 11.7 Å². The van der Waals surface area contributed by atoms with Gasteiger partial charge >= 0.3 is 6.03 Å². The van der Waals surface area contributed by atoms with E-state index in [9.17, 15) is 9.59 Å². The Labute approximate surface area is 143 Å². The second-order valence-corrected chi connectivity index (χ2v) is 6.28. The quantitative estimate of drug-likeness (QED) is 0.636. The van der Waals surface area contributed by atoms with Crippen molar-refractivity contribution in [2.45, 2.75) is 38.3 Å². The summed E-state index contributed by atoms with van der Waals surface area (Å²) in [5, 5.41) is 8.17. The van der Waals surface area contributed by atoms with E-state index in [2.05, 4.69) is 16.0 Å². The minimum absolute atomic E-state index is 0. The first-order valence-electron chi connectivity index (χ1n) is 7.56. The number of carbonyl (C=O) groups excluding carboxylic acids is 2. The summed E-state index contributed by atoms with van der Waals surface area (Å²) in [6, 6.07) is 8.65. The Balaban J connectivity index is 0.00000264. The first-order chi connectivity index (χ1) is 10.4. The molecule has 7 heteroatoms. The molecule has 1 aliphatic carbocycles. The summed E-state index contributed by atoms with van der Waals surface area (Å²) in [5.41, 5.74) is 5.62. The van der Waals surface area contributed by atoms with Crippen molar-refractivity contribution in [1.29, 1.82) is 0 Å². The number of hydrogen-bond donors (Lipinski definition) is 4. The number of anilines is 1. The van der Waals surface area contributed by atoms with E-state index >= 15 is 0 Å². The molecule has 0 bridgehead atoms. The number of rotatable bonds is 6. The van der Waals surface area contributed by atoms with Gasteiger partial charge in [0.15, 0.2) is 0 Å². The summed E-state index contributed by atoms with van der Waals surface area (Å²) >= 11 is 0. The van der Waals surface area contributed by atoms with Crippen LogP contribution in [-0.4, -0.2) is 30.1 Å². The van der Waals surface area contributed by atoms with Gasteiger partial charge in [-0.15, -0.1) is 12.4 Å². The predicted molar refractivity (Wildman–Crippen MR) is 93.6 cm³/mol. The van der Waals surface area contributed by atoms with Crippen LogP contribution in [0, 0.1) is 5.92 Å². The van der Waals surface area contributed by atoms with Crippen molar-refractivity contribution in [3.05, 3.63) is 30.3 Å². The second kappa shape index (κ2) is 8.17. The van der Waals surface area contributed by atoms with E-state index in [1.807, 2.05) is 18.2 Å². The van der Waals surface area contributed by atoms with Gasteiger partial charge in [0, 0.05) is 18.3 Å². The highest BCUT2D eigenvalue weighted by Crippen LogP contribution is 2.31. The molecule has 0 aliphatic heterocycles. The molecule has 6 nitrogen and oxygen atoms in total. The second-order valence-electron chi connectivity index (χ2n) is 6.28. The van der Waals surface area contributed by atoms with Gasteiger partial charge in [-0.25, -0.2) is 4.79 Å². The maximum atomic E-state index is 12.2. The number of urea groups is 1. The minimum Gasteiger partial charge on any atom is -0.353 e. The third-order valence-electron chi connectivity index (χ3n) is 3.75. The van der Waals surface area contributed by atoms with Crippen molar-refractivity contribution < 1.29 is 9.59 Å². The number of hydrogen-bond acceptors (Lipinski definition) is 3. The first kappa shape index (κ1) is 19.3. The Morgan fingerprint density at radius 1 is 1.26 bits per heavy atom. The first-order valence-corrected chi connectivity index (χ1v) is 7.56. The Morgan fingerprint density at radius 3 is 2.43 bits per heavy atom. The largest absolute Gasteiger partial charge is 0.353 e. The summed E-state index contributed by atoms with van der Waals surface area (Å²) in [7, 11) is 0. The number of benzene rings is 1. The SMILES string of the molecule is CC(C)(NC(=O)Nc1ccccc1)C(=O)NCC(N)C1CC1.Cl. The molecule has 1 aromatic rings. The van der Waals surface area contributed by atoms with Crippen molar-refractivity contribution >= 4 is 30.0 Å². The van der Waals surface area contributed by atoms with Gasteiger partial charge in [0.1, 0.15) is 5.54 Å². The van der Waals surface area contributed by atoms with Gasteiger partial charge in [0.05, 0.1) is 0 Å². The maximum absolute atomic E-state index is 12.2. The number of nitrogens with two attached hydrogens (primary N) is 1. The molecule has 2 rings (SSSR count). The Hall–Kier alpha value is -1.79. The van der Waals surface area contributed by atoms with Crippen LogP contribution in [0.25, 0.3) is 0 Å². The monoisotopic (exact) mass is 340 g/mol. The van der Waals surface area contributed by atoms with Gasteiger partial charge < -0.3 is 21.7 Å². The molecular formula is C16H25ClN4O2. The molecule has 1 fully saturated rings. The van der Waals surface area contributed by atoms with Gasteiger partial charge in [0.2, 0.25) is 5.91 Å². The van der Waals surface area contributed by atoms with Gasteiger partial charge in [0.25, 0.3) is 0 Å². The van der Waals surface area contributed by atoms with Crippen molar-refractivity contribution in [1.82, 2.24) is 10.6 Å². The fraction of sp³-hybridized carbons (Fsp3) is 0.500. The highest BCUT2D eigenvalue weighted by molar-refractivity contribution is 5.95. The number of para-hydroxylation sites is 1. The highest BCUT2D eigenvalue weighted by atomic mass is 35.5. The summed E-state index contributed by atoms with van der Waals surface area (Å²) < 4.78 is 0. The smallest absolute Gasteiger partial charge is 0.320 e. The molecule has 0 aromatic heterocycles. The summed E-state index contributed by atoms with van der Waals surface area (Å²) in [6.07, 6.45) is 2.27. The lowest BCUT2D eigenvalue weighted by molar-refractivity contribution is -0.126. The fourth-order valence-electron chi connectivity index (χ4n) is 2.15. The Kier molecular flexibility index (Phi) is 6.84. The maximum Gasteiger partial charge on any atom is 0.320 e. The molecule has 3 amide bonds. The van der Waals surface area contributed by atoms with Crippen LogP contribution in [0.3, 0.4) is 0 Å². The minimum atomic E-state index is -1.01. The average Bonchev–Trinajstić information content (AvgIpc) is 3.29. The van der Waals surface area contributed by atoms with Crippen LogP contribution in [0.4, 0.5) is 10.5 Å². The molecule has 0 saturated heterocycles. The molecule has 0 spiro atoms. The molecule has 0 heterocycles. The topological polar surface area (TPSA) is 96.2 Å². The van der Waals surface area contributed by atoms with Crippen LogP contribution >= 0.6 is 12.4 Å². The van der Waals surface area contributed by atoms with Crippen LogP contribution < -0.4 is 21.7 Å². The Morgan fingerprint density at radius 2 is 1.87 bits per heavy atom. The zero-order valence-corrected chi connectivity index (χ0v) is 14.3. The molecule has 0 radical (unpaired) electrons. The summed E-state index contributed by atoms with van der Waals surface area (Å²) in [5.74, 6) is 0.282.